The van der Waals surface area contributed by atoms with Crippen LogP contribution in [-0.2, 0) is 4.79 Å². The van der Waals surface area contributed by atoms with E-state index in [1.807, 2.05) is 13.8 Å². The Morgan fingerprint density at radius 2 is 2.00 bits per heavy atom. The number of fused-ring (bicyclic) bond motifs is 1. The van der Waals surface area contributed by atoms with Gasteiger partial charge in [0.25, 0.3) is 5.56 Å². The number of carbonyl (C=O) groups excluding carboxylic acids is 1. The number of benzene rings is 1. The van der Waals surface area contributed by atoms with Gasteiger partial charge in [-0.25, -0.2) is 4.98 Å². The molecule has 0 spiro atoms. The second-order valence-corrected chi connectivity index (χ2v) is 6.40. The van der Waals surface area contributed by atoms with Crippen LogP contribution in [0.15, 0.2) is 28.2 Å². The van der Waals surface area contributed by atoms with E-state index in [-0.39, 0.29) is 46.4 Å². The Kier molecular flexibility index (Phi) is 4.00. The highest BCUT2D eigenvalue weighted by atomic mass is 32.1. The van der Waals surface area contributed by atoms with Gasteiger partial charge in [0.05, 0.1) is 5.56 Å². The maximum atomic E-state index is 12.9. The number of phenolic OH excluding ortho intramolecular Hbond substituents is 2. The van der Waals surface area contributed by atoms with Crippen LogP contribution >= 0.6 is 12.6 Å². The number of hydrogen-bond acceptors (Lipinski definition) is 6. The molecule has 24 heavy (non-hydrogen) atoms. The number of thiol groups is 1. The van der Waals surface area contributed by atoms with Crippen molar-refractivity contribution in [2.45, 2.75) is 37.4 Å². The number of carbonyl (C=O) groups is 1. The normalized spacial score (nSPS) is 16.8. The first-order chi connectivity index (χ1) is 11.3. The molecule has 1 aliphatic heterocycles. The van der Waals surface area contributed by atoms with E-state index in [9.17, 15) is 19.8 Å². The van der Waals surface area contributed by atoms with Gasteiger partial charge in [-0.15, -0.1) is 12.6 Å². The fraction of sp³-hybridized carbons (Fsp3) is 0.312. The van der Waals surface area contributed by atoms with Gasteiger partial charge in [-0.1, -0.05) is 6.07 Å². The van der Waals surface area contributed by atoms with Crippen LogP contribution < -0.4 is 10.9 Å². The maximum Gasteiger partial charge on any atom is 0.260 e. The number of nitrogens with one attached hydrogen (secondary N) is 1. The molecule has 126 valence electrons. The first-order valence-corrected chi connectivity index (χ1v) is 7.91. The van der Waals surface area contributed by atoms with E-state index in [0.717, 1.165) is 0 Å². The first kappa shape index (κ1) is 16.4. The van der Waals surface area contributed by atoms with E-state index in [4.69, 9.17) is 0 Å². The minimum atomic E-state index is -0.556. The molecule has 1 amide bonds. The molecule has 1 unspecified atom stereocenters. The third kappa shape index (κ3) is 2.62. The summed E-state index contributed by atoms with van der Waals surface area (Å²) in [4.78, 5) is 29.2. The highest BCUT2D eigenvalue weighted by molar-refractivity contribution is 7.80. The van der Waals surface area contributed by atoms with E-state index in [2.05, 4.69) is 22.9 Å². The summed E-state index contributed by atoms with van der Waals surface area (Å²) in [6, 6.07) is 4.12. The molecule has 2 aromatic rings. The van der Waals surface area contributed by atoms with Crippen molar-refractivity contribution < 1.29 is 15.0 Å². The van der Waals surface area contributed by atoms with Gasteiger partial charge in [-0.2, -0.15) is 0 Å². The Bertz CT molecular complexity index is 892. The van der Waals surface area contributed by atoms with Crippen molar-refractivity contribution in [1.29, 1.82) is 0 Å². The van der Waals surface area contributed by atoms with E-state index < -0.39 is 5.92 Å². The molecule has 3 rings (SSSR count). The van der Waals surface area contributed by atoms with Gasteiger partial charge in [0, 0.05) is 18.4 Å². The van der Waals surface area contributed by atoms with Crippen LogP contribution in [-0.4, -0.2) is 25.7 Å². The predicted octanol–water partition coefficient (Wildman–Crippen LogP) is 2.00. The fourth-order valence-electron chi connectivity index (χ4n) is 2.92. The molecule has 1 aliphatic rings. The summed E-state index contributed by atoms with van der Waals surface area (Å²) in [5.74, 6) is -1.21. The minimum Gasteiger partial charge on any atom is -0.504 e. The molecule has 1 aromatic heterocycles. The van der Waals surface area contributed by atoms with Gasteiger partial charge in [0.2, 0.25) is 5.91 Å². The SMILES string of the molecule is CC(C)n1c(S)nc2c(c1=O)C(c1ccc(O)c(O)c1)CC(=O)N2. The van der Waals surface area contributed by atoms with Crippen LogP contribution in [0.1, 0.15) is 43.4 Å². The molecule has 8 heteroatoms. The molecular formula is C16H17N3O4S. The zero-order valence-electron chi connectivity index (χ0n) is 13.1. The number of aromatic nitrogens is 2. The standard InChI is InChI=1S/C16H17N3O4S/c1-7(2)19-15(23)13-9(8-3-4-10(20)11(21)5-8)6-12(22)17-14(13)18-16(19)24/h3-5,7,9,20-21H,6H2,1-2H3,(H,17,22)(H,18,24). The van der Waals surface area contributed by atoms with Crippen molar-refractivity contribution in [2.75, 3.05) is 5.32 Å². The van der Waals surface area contributed by atoms with Crippen LogP contribution in [0, 0.1) is 0 Å². The number of aromatic hydroxyl groups is 2. The maximum absolute atomic E-state index is 12.9. The topological polar surface area (TPSA) is 104 Å². The fourth-order valence-corrected chi connectivity index (χ4v) is 3.34. The minimum absolute atomic E-state index is 0.0537. The average molecular weight is 347 g/mol. The Hall–Kier alpha value is -2.48. The summed E-state index contributed by atoms with van der Waals surface area (Å²) >= 11 is 4.24. The van der Waals surface area contributed by atoms with Gasteiger partial charge in [-0.3, -0.25) is 14.2 Å². The number of amides is 1. The molecule has 7 nitrogen and oxygen atoms in total. The van der Waals surface area contributed by atoms with E-state index >= 15 is 0 Å². The monoisotopic (exact) mass is 347 g/mol. The number of hydrogen-bond donors (Lipinski definition) is 4. The van der Waals surface area contributed by atoms with Crippen molar-refractivity contribution >= 4 is 24.4 Å². The van der Waals surface area contributed by atoms with Crippen molar-refractivity contribution in [3.63, 3.8) is 0 Å². The van der Waals surface area contributed by atoms with Crippen LogP contribution in [0.3, 0.4) is 0 Å². The second-order valence-electron chi connectivity index (χ2n) is 6.00. The van der Waals surface area contributed by atoms with Crippen LogP contribution in [0.4, 0.5) is 5.82 Å². The Labute approximate surface area is 143 Å². The summed E-state index contributed by atoms with van der Waals surface area (Å²) < 4.78 is 1.45. The lowest BCUT2D eigenvalue weighted by molar-refractivity contribution is -0.116. The van der Waals surface area contributed by atoms with Gasteiger partial charge in [0.15, 0.2) is 16.7 Å². The van der Waals surface area contributed by atoms with Crippen molar-refractivity contribution in [1.82, 2.24) is 9.55 Å². The lowest BCUT2D eigenvalue weighted by Gasteiger charge is -2.26. The Balaban J connectivity index is 2.25. The largest absolute Gasteiger partial charge is 0.504 e. The average Bonchev–Trinajstić information content (AvgIpc) is 2.48. The molecule has 0 saturated carbocycles. The molecule has 0 aliphatic carbocycles. The second kappa shape index (κ2) is 5.86. The quantitative estimate of drug-likeness (QED) is 0.378. The van der Waals surface area contributed by atoms with Crippen molar-refractivity contribution in [3.8, 4) is 11.5 Å². The first-order valence-electron chi connectivity index (χ1n) is 7.46. The smallest absolute Gasteiger partial charge is 0.260 e. The van der Waals surface area contributed by atoms with E-state index in [1.54, 1.807) is 6.07 Å². The van der Waals surface area contributed by atoms with Gasteiger partial charge >= 0.3 is 0 Å². The number of nitrogens with zero attached hydrogens (tertiary/aromatic N) is 2. The highest BCUT2D eigenvalue weighted by Crippen LogP contribution is 2.37. The van der Waals surface area contributed by atoms with Gasteiger partial charge in [0.1, 0.15) is 5.82 Å². The van der Waals surface area contributed by atoms with Crippen molar-refractivity contribution in [2.24, 2.45) is 0 Å². The van der Waals surface area contributed by atoms with E-state index in [0.29, 0.717) is 11.1 Å². The number of phenols is 2. The molecule has 3 N–H and O–H groups in total. The summed E-state index contributed by atoms with van der Waals surface area (Å²) in [6.07, 6.45) is 0.0537. The molecule has 1 atom stereocenters. The zero-order valence-corrected chi connectivity index (χ0v) is 14.0. The van der Waals surface area contributed by atoms with Gasteiger partial charge in [-0.05, 0) is 31.5 Å². The molecule has 0 radical (unpaired) electrons. The van der Waals surface area contributed by atoms with Crippen LogP contribution in [0.25, 0.3) is 0 Å². The van der Waals surface area contributed by atoms with Crippen LogP contribution in [0.2, 0.25) is 0 Å². The number of rotatable bonds is 2. The molecule has 0 fully saturated rings. The zero-order chi connectivity index (χ0) is 17.6. The lowest BCUT2D eigenvalue weighted by Crippen LogP contribution is -2.35. The summed E-state index contributed by atoms with van der Waals surface area (Å²) in [6.45, 7) is 3.69. The lowest BCUT2D eigenvalue weighted by atomic mass is 9.86. The summed E-state index contributed by atoms with van der Waals surface area (Å²) in [5, 5.41) is 22.1. The predicted molar refractivity (Wildman–Crippen MR) is 91.0 cm³/mol. The summed E-state index contributed by atoms with van der Waals surface area (Å²) in [5.41, 5.74) is 0.631. The van der Waals surface area contributed by atoms with Crippen molar-refractivity contribution in [3.05, 3.63) is 39.7 Å². The Morgan fingerprint density at radius 1 is 1.29 bits per heavy atom. The molecule has 0 saturated heterocycles. The molecular weight excluding hydrogens is 330 g/mol. The summed E-state index contributed by atoms with van der Waals surface area (Å²) in [7, 11) is 0. The third-order valence-electron chi connectivity index (χ3n) is 4.05. The molecule has 0 bridgehead atoms. The van der Waals surface area contributed by atoms with Gasteiger partial charge < -0.3 is 15.5 Å². The van der Waals surface area contributed by atoms with Crippen LogP contribution in [0.5, 0.6) is 11.5 Å². The van der Waals surface area contributed by atoms with E-state index in [1.165, 1.54) is 16.7 Å². The highest BCUT2D eigenvalue weighted by Gasteiger charge is 2.32. The number of anilines is 1. The molecule has 2 heterocycles. The third-order valence-corrected chi connectivity index (χ3v) is 4.36. The molecule has 1 aromatic carbocycles. The Morgan fingerprint density at radius 3 is 2.62 bits per heavy atom.